The van der Waals surface area contributed by atoms with Crippen molar-refractivity contribution in [3.05, 3.63) is 24.3 Å². The second-order valence-electron chi connectivity index (χ2n) is 5.10. The number of hydrogen-bond donors (Lipinski definition) is 2. The molecule has 0 spiro atoms. The van der Waals surface area contributed by atoms with E-state index >= 15 is 0 Å². The Morgan fingerprint density at radius 1 is 1.22 bits per heavy atom. The van der Waals surface area contributed by atoms with Gasteiger partial charge in [-0.25, -0.2) is 8.42 Å². The summed E-state index contributed by atoms with van der Waals surface area (Å²) in [5.41, 5.74) is 0.653. The zero-order valence-corrected chi connectivity index (χ0v) is 11.9. The second kappa shape index (κ2) is 5.71. The van der Waals surface area contributed by atoms with Crippen LogP contribution < -0.4 is 5.32 Å². The molecule has 18 heavy (non-hydrogen) atoms. The third-order valence-electron chi connectivity index (χ3n) is 2.79. The monoisotopic (exact) mass is 271 g/mol. The summed E-state index contributed by atoms with van der Waals surface area (Å²) < 4.78 is 23.2. The highest BCUT2D eigenvalue weighted by Gasteiger charge is 2.16. The van der Waals surface area contributed by atoms with Gasteiger partial charge in [0.25, 0.3) is 0 Å². The van der Waals surface area contributed by atoms with Crippen molar-refractivity contribution in [2.24, 2.45) is 5.41 Å². The Balaban J connectivity index is 2.73. The maximum atomic E-state index is 11.6. The Kier molecular flexibility index (Phi) is 4.76. The van der Waals surface area contributed by atoms with E-state index in [1.165, 1.54) is 0 Å². The predicted molar refractivity (Wildman–Crippen MR) is 73.5 cm³/mol. The summed E-state index contributed by atoms with van der Waals surface area (Å²) in [5, 5.41) is 12.3. The number of hydrogen-bond acceptors (Lipinski definition) is 4. The summed E-state index contributed by atoms with van der Waals surface area (Å²) in [5.74, 6) is 0.108. The molecule has 0 saturated heterocycles. The molecule has 1 aromatic rings. The van der Waals surface area contributed by atoms with Crippen LogP contribution in [0.15, 0.2) is 29.2 Å². The van der Waals surface area contributed by atoms with Gasteiger partial charge in [-0.3, -0.25) is 0 Å². The van der Waals surface area contributed by atoms with E-state index in [1.807, 2.05) is 13.8 Å². The van der Waals surface area contributed by atoms with Crippen molar-refractivity contribution in [1.82, 2.24) is 0 Å². The summed E-state index contributed by atoms with van der Waals surface area (Å²) in [6.07, 6.45) is 0. The SMILES string of the molecule is CCS(=O)(=O)c1ccc(NCC(C)(C)CO)cc1. The molecule has 2 N–H and O–H groups in total. The zero-order chi connectivity index (χ0) is 13.8. The van der Waals surface area contributed by atoms with Gasteiger partial charge in [-0.1, -0.05) is 20.8 Å². The number of benzene rings is 1. The van der Waals surface area contributed by atoms with E-state index in [1.54, 1.807) is 31.2 Å². The van der Waals surface area contributed by atoms with Crippen LogP contribution >= 0.6 is 0 Å². The van der Waals surface area contributed by atoms with Gasteiger partial charge in [0.2, 0.25) is 0 Å². The van der Waals surface area contributed by atoms with Gasteiger partial charge in [-0.05, 0) is 24.3 Å². The molecule has 0 saturated carbocycles. The lowest BCUT2D eigenvalue weighted by Crippen LogP contribution is -2.26. The van der Waals surface area contributed by atoms with Crippen LogP contribution in [-0.4, -0.2) is 32.4 Å². The normalized spacial score (nSPS) is 12.4. The average Bonchev–Trinajstić information content (AvgIpc) is 2.37. The van der Waals surface area contributed by atoms with Crippen LogP contribution in [0, 0.1) is 5.41 Å². The first kappa shape index (κ1) is 15.0. The first-order valence-corrected chi connectivity index (χ1v) is 7.63. The van der Waals surface area contributed by atoms with Crippen LogP contribution in [0.25, 0.3) is 0 Å². The predicted octanol–water partition coefficient (Wildman–Crippen LogP) is 1.91. The summed E-state index contributed by atoms with van der Waals surface area (Å²) in [7, 11) is -3.13. The molecule has 1 aromatic carbocycles. The van der Waals surface area contributed by atoms with Gasteiger partial charge in [0.1, 0.15) is 0 Å². The Morgan fingerprint density at radius 2 is 1.78 bits per heavy atom. The van der Waals surface area contributed by atoms with Crippen molar-refractivity contribution < 1.29 is 13.5 Å². The first-order chi connectivity index (χ1) is 8.30. The van der Waals surface area contributed by atoms with Crippen LogP contribution in [0.2, 0.25) is 0 Å². The van der Waals surface area contributed by atoms with Crippen LogP contribution in [0.5, 0.6) is 0 Å². The standard InChI is InChI=1S/C13H21NO3S/c1-4-18(16,17)12-7-5-11(6-8-12)14-9-13(2,3)10-15/h5-8,14-15H,4,9-10H2,1-3H3. The molecule has 0 atom stereocenters. The van der Waals surface area contributed by atoms with Crippen molar-refractivity contribution >= 4 is 15.5 Å². The summed E-state index contributed by atoms with van der Waals surface area (Å²) in [6.45, 7) is 6.27. The lowest BCUT2D eigenvalue weighted by atomic mass is 9.95. The largest absolute Gasteiger partial charge is 0.396 e. The molecule has 0 fully saturated rings. The second-order valence-corrected chi connectivity index (χ2v) is 7.38. The van der Waals surface area contributed by atoms with Gasteiger partial charge in [0, 0.05) is 24.3 Å². The molecule has 0 radical (unpaired) electrons. The molecular weight excluding hydrogens is 250 g/mol. The van der Waals surface area contributed by atoms with Crippen LogP contribution in [0.1, 0.15) is 20.8 Å². The summed E-state index contributed by atoms with van der Waals surface area (Å²) in [6, 6.07) is 6.70. The fourth-order valence-corrected chi connectivity index (χ4v) is 2.23. The molecule has 0 aliphatic heterocycles. The third kappa shape index (κ3) is 3.99. The van der Waals surface area contributed by atoms with E-state index in [2.05, 4.69) is 5.32 Å². The number of aliphatic hydroxyl groups excluding tert-OH is 1. The Labute approximate surface area is 109 Å². The molecule has 0 aliphatic carbocycles. The van der Waals surface area contributed by atoms with Gasteiger partial charge in [0.15, 0.2) is 9.84 Å². The van der Waals surface area contributed by atoms with E-state index in [-0.39, 0.29) is 17.8 Å². The van der Waals surface area contributed by atoms with Crippen LogP contribution in [-0.2, 0) is 9.84 Å². The Hall–Kier alpha value is -1.07. The molecule has 0 aromatic heterocycles. The van der Waals surface area contributed by atoms with Crippen molar-refractivity contribution in [2.45, 2.75) is 25.7 Å². The lowest BCUT2D eigenvalue weighted by Gasteiger charge is -2.22. The average molecular weight is 271 g/mol. The molecule has 1 rings (SSSR count). The number of anilines is 1. The fourth-order valence-electron chi connectivity index (χ4n) is 1.34. The van der Waals surface area contributed by atoms with Gasteiger partial charge in [-0.2, -0.15) is 0 Å². The molecule has 0 aliphatic rings. The van der Waals surface area contributed by atoms with E-state index in [9.17, 15) is 8.42 Å². The quantitative estimate of drug-likeness (QED) is 0.829. The van der Waals surface area contributed by atoms with Crippen molar-refractivity contribution in [2.75, 3.05) is 24.2 Å². The van der Waals surface area contributed by atoms with Gasteiger partial charge in [-0.15, -0.1) is 0 Å². The van der Waals surface area contributed by atoms with Crippen molar-refractivity contribution in [1.29, 1.82) is 0 Å². The molecule has 4 nitrogen and oxygen atoms in total. The Morgan fingerprint density at radius 3 is 2.22 bits per heavy atom. The highest BCUT2D eigenvalue weighted by molar-refractivity contribution is 7.91. The fraction of sp³-hybridized carbons (Fsp3) is 0.538. The van der Waals surface area contributed by atoms with Gasteiger partial charge < -0.3 is 10.4 Å². The zero-order valence-electron chi connectivity index (χ0n) is 11.1. The summed E-state index contributed by atoms with van der Waals surface area (Å²) in [4.78, 5) is 0.344. The number of nitrogens with one attached hydrogen (secondary N) is 1. The van der Waals surface area contributed by atoms with Gasteiger partial charge >= 0.3 is 0 Å². The maximum absolute atomic E-state index is 11.6. The van der Waals surface area contributed by atoms with E-state index in [4.69, 9.17) is 5.11 Å². The number of sulfone groups is 1. The van der Waals surface area contributed by atoms with E-state index in [0.29, 0.717) is 11.4 Å². The molecule has 0 heterocycles. The molecule has 0 amide bonds. The van der Waals surface area contributed by atoms with E-state index in [0.717, 1.165) is 5.69 Å². The smallest absolute Gasteiger partial charge is 0.178 e. The summed E-state index contributed by atoms with van der Waals surface area (Å²) >= 11 is 0. The third-order valence-corrected chi connectivity index (χ3v) is 4.54. The van der Waals surface area contributed by atoms with Crippen LogP contribution in [0.3, 0.4) is 0 Å². The highest BCUT2D eigenvalue weighted by atomic mass is 32.2. The minimum absolute atomic E-state index is 0.0995. The first-order valence-electron chi connectivity index (χ1n) is 5.98. The van der Waals surface area contributed by atoms with E-state index < -0.39 is 9.84 Å². The lowest BCUT2D eigenvalue weighted by molar-refractivity contribution is 0.171. The van der Waals surface area contributed by atoms with Gasteiger partial charge in [0.05, 0.1) is 10.6 Å². The molecule has 102 valence electrons. The number of rotatable bonds is 6. The van der Waals surface area contributed by atoms with Crippen molar-refractivity contribution in [3.8, 4) is 0 Å². The minimum Gasteiger partial charge on any atom is -0.396 e. The van der Waals surface area contributed by atoms with Crippen molar-refractivity contribution in [3.63, 3.8) is 0 Å². The topological polar surface area (TPSA) is 66.4 Å². The maximum Gasteiger partial charge on any atom is 0.178 e. The molecular formula is C13H21NO3S. The minimum atomic E-state index is -3.13. The molecule has 0 unspecified atom stereocenters. The van der Waals surface area contributed by atoms with Crippen LogP contribution in [0.4, 0.5) is 5.69 Å². The Bertz CT molecular complexity index is 477. The number of aliphatic hydroxyl groups is 1. The molecule has 0 bridgehead atoms. The highest BCUT2D eigenvalue weighted by Crippen LogP contribution is 2.18. The molecule has 5 heteroatoms.